The summed E-state index contributed by atoms with van der Waals surface area (Å²) in [7, 11) is 1.67. The first-order chi connectivity index (χ1) is 13.1. The average Bonchev–Trinajstić information content (AvgIpc) is 3.48. The van der Waals surface area contributed by atoms with Crippen molar-refractivity contribution >= 4 is 36.0 Å². The van der Waals surface area contributed by atoms with Gasteiger partial charge in [0, 0.05) is 18.7 Å². The van der Waals surface area contributed by atoms with E-state index in [0.29, 0.717) is 25.6 Å². The van der Waals surface area contributed by atoms with Crippen LogP contribution in [0.15, 0.2) is 23.2 Å². The van der Waals surface area contributed by atoms with Gasteiger partial charge in [-0.25, -0.2) is 9.79 Å². The summed E-state index contributed by atoms with van der Waals surface area (Å²) in [5, 5.41) is 9.53. The molecule has 1 saturated carbocycles. The third-order valence-corrected chi connectivity index (χ3v) is 4.45. The number of guanidine groups is 1. The van der Waals surface area contributed by atoms with E-state index in [1.54, 1.807) is 14.0 Å². The maximum atomic E-state index is 11.7. The normalized spacial score (nSPS) is 14.5. The SMILES string of the molecule is CCNC(=NCc1ccc(C)cc1OC)NCC(NC(=O)OCC)C1CC1.I. The summed E-state index contributed by atoms with van der Waals surface area (Å²) in [4.78, 5) is 16.4. The zero-order chi connectivity index (χ0) is 19.6. The van der Waals surface area contributed by atoms with E-state index in [-0.39, 0.29) is 36.1 Å². The summed E-state index contributed by atoms with van der Waals surface area (Å²) in [5.74, 6) is 2.06. The van der Waals surface area contributed by atoms with Crippen LogP contribution >= 0.6 is 24.0 Å². The Morgan fingerprint density at radius 2 is 2.04 bits per heavy atom. The maximum absolute atomic E-state index is 11.7. The number of nitrogens with one attached hydrogen (secondary N) is 3. The van der Waals surface area contributed by atoms with Crippen molar-refractivity contribution in [1.29, 1.82) is 0 Å². The zero-order valence-corrected chi connectivity index (χ0v) is 19.5. The van der Waals surface area contributed by atoms with Gasteiger partial charge < -0.3 is 25.4 Å². The van der Waals surface area contributed by atoms with Crippen molar-refractivity contribution in [3.05, 3.63) is 29.3 Å². The summed E-state index contributed by atoms with van der Waals surface area (Å²) < 4.78 is 10.5. The number of methoxy groups -OCH3 is 1. The van der Waals surface area contributed by atoms with E-state index in [4.69, 9.17) is 9.47 Å². The summed E-state index contributed by atoms with van der Waals surface area (Å²) >= 11 is 0. The molecule has 0 radical (unpaired) electrons. The average molecular weight is 504 g/mol. The second-order valence-corrected chi connectivity index (χ2v) is 6.70. The molecule has 0 heterocycles. The number of ether oxygens (including phenoxy) is 2. The third kappa shape index (κ3) is 8.12. The van der Waals surface area contributed by atoms with Gasteiger partial charge in [0.25, 0.3) is 0 Å². The number of carbonyl (C=O) groups is 1. The van der Waals surface area contributed by atoms with E-state index in [2.05, 4.69) is 27.0 Å². The van der Waals surface area contributed by atoms with Gasteiger partial charge in [-0.05, 0) is 51.2 Å². The van der Waals surface area contributed by atoms with Crippen LogP contribution in [0.4, 0.5) is 4.79 Å². The van der Waals surface area contributed by atoms with Gasteiger partial charge in [-0.2, -0.15) is 0 Å². The Bertz CT molecular complexity index is 650. The third-order valence-electron chi connectivity index (χ3n) is 4.45. The Labute approximate surface area is 185 Å². The summed E-state index contributed by atoms with van der Waals surface area (Å²) in [5.41, 5.74) is 2.19. The first-order valence-corrected chi connectivity index (χ1v) is 9.66. The molecule has 1 aliphatic rings. The number of hydrogen-bond donors (Lipinski definition) is 3. The first kappa shape index (κ1) is 24.3. The van der Waals surface area contributed by atoms with Gasteiger partial charge in [-0.3, -0.25) is 0 Å². The molecule has 1 unspecified atom stereocenters. The molecule has 7 nitrogen and oxygen atoms in total. The molecule has 158 valence electrons. The number of nitrogens with zero attached hydrogens (tertiary/aromatic N) is 1. The van der Waals surface area contributed by atoms with E-state index in [0.717, 1.165) is 42.2 Å². The molecule has 2 rings (SSSR count). The molecule has 0 aromatic heterocycles. The number of aryl methyl sites for hydroxylation is 1. The minimum atomic E-state index is -0.359. The number of amides is 1. The molecule has 1 aromatic rings. The van der Waals surface area contributed by atoms with Crippen molar-refractivity contribution < 1.29 is 14.3 Å². The molecule has 1 atom stereocenters. The van der Waals surface area contributed by atoms with Gasteiger partial charge >= 0.3 is 6.09 Å². The van der Waals surface area contributed by atoms with Crippen LogP contribution < -0.4 is 20.7 Å². The fourth-order valence-corrected chi connectivity index (χ4v) is 2.85. The standard InChI is InChI=1S/C20H32N4O3.HI/c1-5-21-19(22-12-16-8-7-14(3)11-18(16)26-4)23-13-17(15-9-10-15)24-20(25)27-6-2;/h7-8,11,15,17H,5-6,9-10,12-13H2,1-4H3,(H,24,25)(H2,21,22,23);1H. The second kappa shape index (κ2) is 12.7. The van der Waals surface area contributed by atoms with Gasteiger partial charge in [-0.1, -0.05) is 12.1 Å². The lowest BCUT2D eigenvalue weighted by Crippen LogP contribution is -2.48. The van der Waals surface area contributed by atoms with Crippen molar-refractivity contribution in [1.82, 2.24) is 16.0 Å². The molecule has 0 saturated heterocycles. The number of alkyl carbamates (subject to hydrolysis) is 1. The fourth-order valence-electron chi connectivity index (χ4n) is 2.85. The van der Waals surface area contributed by atoms with Crippen molar-refractivity contribution in [2.24, 2.45) is 10.9 Å². The number of aliphatic imine (C=N–C) groups is 1. The molecule has 3 N–H and O–H groups in total. The Morgan fingerprint density at radius 1 is 1.29 bits per heavy atom. The Balaban J connectivity index is 0.00000392. The highest BCUT2D eigenvalue weighted by Gasteiger charge is 2.32. The number of carbonyl (C=O) groups excluding carboxylic acids is 1. The number of halogens is 1. The fraction of sp³-hybridized carbons (Fsp3) is 0.600. The number of rotatable bonds is 9. The molecular formula is C20H33IN4O3. The molecule has 28 heavy (non-hydrogen) atoms. The number of benzene rings is 1. The van der Waals surface area contributed by atoms with Crippen LogP contribution in [0, 0.1) is 12.8 Å². The molecule has 0 bridgehead atoms. The van der Waals surface area contributed by atoms with Gasteiger partial charge in [0.1, 0.15) is 5.75 Å². The van der Waals surface area contributed by atoms with Crippen molar-refractivity contribution in [2.75, 3.05) is 26.8 Å². The van der Waals surface area contributed by atoms with Crippen LogP contribution in [0.25, 0.3) is 0 Å². The van der Waals surface area contributed by atoms with Crippen LogP contribution in [0.5, 0.6) is 5.75 Å². The predicted octanol–water partition coefficient (Wildman–Crippen LogP) is 3.20. The van der Waals surface area contributed by atoms with Gasteiger partial charge in [0.05, 0.1) is 26.3 Å². The Morgan fingerprint density at radius 3 is 2.64 bits per heavy atom. The van der Waals surface area contributed by atoms with E-state index < -0.39 is 0 Å². The van der Waals surface area contributed by atoms with Crippen LogP contribution in [-0.4, -0.2) is 44.9 Å². The highest BCUT2D eigenvalue weighted by atomic mass is 127. The predicted molar refractivity (Wildman–Crippen MR) is 123 cm³/mol. The van der Waals surface area contributed by atoms with Crippen LogP contribution in [0.2, 0.25) is 0 Å². The lowest BCUT2D eigenvalue weighted by molar-refractivity contribution is 0.146. The van der Waals surface area contributed by atoms with Crippen molar-refractivity contribution in [2.45, 2.75) is 46.2 Å². The number of hydrogen-bond acceptors (Lipinski definition) is 4. The van der Waals surface area contributed by atoms with Gasteiger partial charge in [-0.15, -0.1) is 24.0 Å². The molecule has 1 aromatic carbocycles. The first-order valence-electron chi connectivity index (χ1n) is 9.66. The largest absolute Gasteiger partial charge is 0.496 e. The Kier molecular flexibility index (Phi) is 11.0. The molecule has 0 spiro atoms. The Hall–Kier alpha value is -1.71. The van der Waals surface area contributed by atoms with Crippen LogP contribution in [0.1, 0.15) is 37.8 Å². The lowest BCUT2D eigenvalue weighted by Gasteiger charge is -2.20. The zero-order valence-electron chi connectivity index (χ0n) is 17.2. The molecular weight excluding hydrogens is 471 g/mol. The minimum Gasteiger partial charge on any atom is -0.496 e. The van der Waals surface area contributed by atoms with Crippen LogP contribution in [-0.2, 0) is 11.3 Å². The van der Waals surface area contributed by atoms with Gasteiger partial charge in [0.15, 0.2) is 5.96 Å². The smallest absolute Gasteiger partial charge is 0.407 e. The van der Waals surface area contributed by atoms with E-state index in [1.807, 2.05) is 26.0 Å². The lowest BCUT2D eigenvalue weighted by atomic mass is 10.1. The highest BCUT2D eigenvalue weighted by molar-refractivity contribution is 14.0. The molecule has 1 fully saturated rings. The minimum absolute atomic E-state index is 0. The van der Waals surface area contributed by atoms with Crippen LogP contribution in [0.3, 0.4) is 0 Å². The second-order valence-electron chi connectivity index (χ2n) is 6.70. The monoisotopic (exact) mass is 504 g/mol. The van der Waals surface area contributed by atoms with E-state index in [9.17, 15) is 4.79 Å². The molecule has 1 aliphatic carbocycles. The summed E-state index contributed by atoms with van der Waals surface area (Å²) in [6.07, 6.45) is 1.91. The molecule has 8 heteroatoms. The summed E-state index contributed by atoms with van der Waals surface area (Å²) in [6, 6.07) is 6.15. The summed E-state index contributed by atoms with van der Waals surface area (Å²) in [6.45, 7) is 8.13. The van der Waals surface area contributed by atoms with Gasteiger partial charge in [0.2, 0.25) is 0 Å². The topological polar surface area (TPSA) is 84.0 Å². The van der Waals surface area contributed by atoms with Crippen molar-refractivity contribution in [3.63, 3.8) is 0 Å². The highest BCUT2D eigenvalue weighted by Crippen LogP contribution is 2.32. The van der Waals surface area contributed by atoms with E-state index >= 15 is 0 Å². The quantitative estimate of drug-likeness (QED) is 0.273. The van der Waals surface area contributed by atoms with E-state index in [1.165, 1.54) is 0 Å². The van der Waals surface area contributed by atoms with Crippen molar-refractivity contribution in [3.8, 4) is 5.75 Å². The molecule has 0 aliphatic heterocycles. The maximum Gasteiger partial charge on any atom is 0.407 e. The molecule has 1 amide bonds.